The van der Waals surface area contributed by atoms with Crippen LogP contribution < -0.4 is 5.32 Å². The first-order valence-corrected chi connectivity index (χ1v) is 5.85. The molecule has 0 aliphatic rings. The van der Waals surface area contributed by atoms with Crippen molar-refractivity contribution in [2.24, 2.45) is 12.5 Å². The molecule has 2 atom stereocenters. The second-order valence-corrected chi connectivity index (χ2v) is 4.77. The molecule has 0 fully saturated rings. The number of aromatic nitrogens is 2. The molecule has 1 heterocycles. The van der Waals surface area contributed by atoms with Crippen molar-refractivity contribution >= 4 is 0 Å². The number of aliphatic hydroxyl groups is 1. The summed E-state index contributed by atoms with van der Waals surface area (Å²) in [5, 5.41) is 17.4. The quantitative estimate of drug-likeness (QED) is 0.767. The van der Waals surface area contributed by atoms with Gasteiger partial charge in [-0.1, -0.05) is 13.8 Å². The molecule has 1 rings (SSSR count). The summed E-state index contributed by atoms with van der Waals surface area (Å²) < 4.78 is 1.80. The van der Waals surface area contributed by atoms with Gasteiger partial charge in [0, 0.05) is 31.7 Å². The zero-order valence-electron chi connectivity index (χ0n) is 10.7. The molecule has 92 valence electrons. The lowest BCUT2D eigenvalue weighted by Gasteiger charge is -2.31. The third kappa shape index (κ3) is 3.32. The molecule has 4 nitrogen and oxygen atoms in total. The summed E-state index contributed by atoms with van der Waals surface area (Å²) in [7, 11) is 1.91. The predicted molar refractivity (Wildman–Crippen MR) is 65.0 cm³/mol. The number of nitrogens with one attached hydrogen (secondary N) is 1. The van der Waals surface area contributed by atoms with Crippen molar-refractivity contribution < 1.29 is 5.11 Å². The zero-order valence-corrected chi connectivity index (χ0v) is 10.7. The van der Waals surface area contributed by atoms with E-state index in [0.29, 0.717) is 0 Å². The highest BCUT2D eigenvalue weighted by Crippen LogP contribution is 2.24. The topological polar surface area (TPSA) is 50.1 Å². The van der Waals surface area contributed by atoms with Crippen LogP contribution in [0.25, 0.3) is 0 Å². The van der Waals surface area contributed by atoms with Gasteiger partial charge in [-0.3, -0.25) is 4.68 Å². The van der Waals surface area contributed by atoms with Gasteiger partial charge in [0.05, 0.1) is 11.8 Å². The highest BCUT2D eigenvalue weighted by Gasteiger charge is 2.27. The molecular formula is C12H23N3O. The van der Waals surface area contributed by atoms with E-state index in [1.165, 1.54) is 0 Å². The first kappa shape index (κ1) is 13.2. The van der Waals surface area contributed by atoms with Crippen LogP contribution in [0, 0.1) is 5.41 Å². The first-order chi connectivity index (χ1) is 7.48. The van der Waals surface area contributed by atoms with E-state index < -0.39 is 0 Å². The fourth-order valence-corrected chi connectivity index (χ4v) is 1.60. The highest BCUT2D eigenvalue weighted by atomic mass is 16.3. The van der Waals surface area contributed by atoms with Gasteiger partial charge in [-0.05, 0) is 19.4 Å². The van der Waals surface area contributed by atoms with Crippen LogP contribution in [0.4, 0.5) is 0 Å². The largest absolute Gasteiger partial charge is 0.393 e. The van der Waals surface area contributed by atoms with Crippen LogP contribution in [0.1, 0.15) is 32.9 Å². The summed E-state index contributed by atoms with van der Waals surface area (Å²) in [6.07, 6.45) is 2.60. The van der Waals surface area contributed by atoms with Crippen molar-refractivity contribution in [3.05, 3.63) is 18.0 Å². The van der Waals surface area contributed by atoms with Crippen LogP contribution in [-0.2, 0) is 13.6 Å². The summed E-state index contributed by atoms with van der Waals surface area (Å²) in [5.41, 5.74) is 0.973. The second-order valence-electron chi connectivity index (χ2n) is 4.77. The van der Waals surface area contributed by atoms with E-state index >= 15 is 0 Å². The molecule has 1 aromatic rings. The van der Waals surface area contributed by atoms with Crippen LogP contribution in [0.5, 0.6) is 0 Å². The molecule has 0 bridgehead atoms. The molecule has 2 unspecified atom stereocenters. The Morgan fingerprint density at radius 3 is 2.75 bits per heavy atom. The van der Waals surface area contributed by atoms with E-state index in [9.17, 15) is 5.11 Å². The Hall–Kier alpha value is -0.870. The lowest BCUT2D eigenvalue weighted by Crippen LogP contribution is -2.39. The zero-order chi connectivity index (χ0) is 12.2. The van der Waals surface area contributed by atoms with Gasteiger partial charge in [-0.2, -0.15) is 5.10 Å². The Morgan fingerprint density at radius 1 is 1.62 bits per heavy atom. The van der Waals surface area contributed by atoms with Gasteiger partial charge in [0.25, 0.3) is 0 Å². The fraction of sp³-hybridized carbons (Fsp3) is 0.750. The molecule has 0 saturated carbocycles. The minimum atomic E-state index is -0.297. The Labute approximate surface area is 97.7 Å². The number of hydrogen-bond donors (Lipinski definition) is 2. The Bertz CT molecular complexity index is 322. The molecule has 0 aliphatic heterocycles. The van der Waals surface area contributed by atoms with Crippen molar-refractivity contribution in [3.63, 3.8) is 0 Å². The van der Waals surface area contributed by atoms with Crippen molar-refractivity contribution in [2.45, 2.75) is 39.8 Å². The summed E-state index contributed by atoms with van der Waals surface area (Å²) in [4.78, 5) is 0. The predicted octanol–water partition coefficient (Wildman–Crippen LogP) is 1.31. The molecular weight excluding hydrogens is 202 g/mol. The van der Waals surface area contributed by atoms with E-state index in [1.807, 2.05) is 26.2 Å². The van der Waals surface area contributed by atoms with Gasteiger partial charge >= 0.3 is 0 Å². The Kier molecular flexibility index (Phi) is 4.50. The minimum Gasteiger partial charge on any atom is -0.393 e. The molecule has 0 spiro atoms. The molecule has 16 heavy (non-hydrogen) atoms. The van der Waals surface area contributed by atoms with Crippen molar-refractivity contribution in [1.29, 1.82) is 0 Å². The van der Waals surface area contributed by atoms with E-state index in [0.717, 1.165) is 25.2 Å². The van der Waals surface area contributed by atoms with Crippen LogP contribution in [0.15, 0.2) is 12.3 Å². The van der Waals surface area contributed by atoms with Gasteiger partial charge in [-0.25, -0.2) is 0 Å². The summed E-state index contributed by atoms with van der Waals surface area (Å²) in [6, 6.07) is 2.00. The molecule has 0 aromatic carbocycles. The van der Waals surface area contributed by atoms with Gasteiger partial charge in [0.2, 0.25) is 0 Å². The SMILES string of the molecule is CCC(C)(CNCc1ccn(C)n1)C(C)O. The number of hydrogen-bond acceptors (Lipinski definition) is 3. The van der Waals surface area contributed by atoms with Crippen molar-refractivity contribution in [3.8, 4) is 0 Å². The van der Waals surface area contributed by atoms with Gasteiger partial charge < -0.3 is 10.4 Å². The summed E-state index contributed by atoms with van der Waals surface area (Å²) >= 11 is 0. The van der Waals surface area contributed by atoms with Gasteiger partial charge in [0.15, 0.2) is 0 Å². The number of aliphatic hydroxyl groups excluding tert-OH is 1. The van der Waals surface area contributed by atoms with Crippen molar-refractivity contribution in [2.75, 3.05) is 6.54 Å². The first-order valence-electron chi connectivity index (χ1n) is 5.85. The number of rotatable bonds is 6. The average molecular weight is 225 g/mol. The van der Waals surface area contributed by atoms with Gasteiger partial charge in [0.1, 0.15) is 0 Å². The standard InChI is InChI=1S/C12H23N3O/c1-5-12(3,10(2)16)9-13-8-11-6-7-15(4)14-11/h6-7,10,13,16H,5,8-9H2,1-4H3. The maximum atomic E-state index is 9.71. The molecule has 2 N–H and O–H groups in total. The Balaban J connectivity index is 2.39. The van der Waals surface area contributed by atoms with Crippen molar-refractivity contribution in [1.82, 2.24) is 15.1 Å². The molecule has 0 aliphatic carbocycles. The van der Waals surface area contributed by atoms with Crippen LogP contribution in [0.2, 0.25) is 0 Å². The van der Waals surface area contributed by atoms with E-state index in [4.69, 9.17) is 0 Å². The number of nitrogens with zero attached hydrogens (tertiary/aromatic N) is 2. The molecule has 0 saturated heterocycles. The second kappa shape index (κ2) is 5.46. The van der Waals surface area contributed by atoms with Crippen LogP contribution in [-0.4, -0.2) is 27.5 Å². The molecule has 0 amide bonds. The monoisotopic (exact) mass is 225 g/mol. The number of aryl methyl sites for hydroxylation is 1. The van der Waals surface area contributed by atoms with E-state index in [1.54, 1.807) is 4.68 Å². The molecule has 0 radical (unpaired) electrons. The Morgan fingerprint density at radius 2 is 2.31 bits per heavy atom. The van der Waals surface area contributed by atoms with E-state index in [-0.39, 0.29) is 11.5 Å². The third-order valence-corrected chi connectivity index (χ3v) is 3.42. The maximum absolute atomic E-state index is 9.71. The minimum absolute atomic E-state index is 0.0607. The third-order valence-electron chi connectivity index (χ3n) is 3.42. The highest BCUT2D eigenvalue weighted by molar-refractivity contribution is 4.98. The smallest absolute Gasteiger partial charge is 0.0762 e. The lowest BCUT2D eigenvalue weighted by molar-refractivity contribution is 0.0488. The summed E-state index contributed by atoms with van der Waals surface area (Å²) in [5.74, 6) is 0. The maximum Gasteiger partial charge on any atom is 0.0762 e. The lowest BCUT2D eigenvalue weighted by atomic mass is 9.82. The van der Waals surface area contributed by atoms with Gasteiger partial charge in [-0.15, -0.1) is 0 Å². The van der Waals surface area contributed by atoms with Crippen LogP contribution in [0.3, 0.4) is 0 Å². The molecule has 4 heteroatoms. The van der Waals surface area contributed by atoms with E-state index in [2.05, 4.69) is 24.3 Å². The summed E-state index contributed by atoms with van der Waals surface area (Å²) in [6.45, 7) is 7.62. The average Bonchev–Trinajstić information content (AvgIpc) is 2.63. The van der Waals surface area contributed by atoms with Crippen LogP contribution >= 0.6 is 0 Å². The normalized spacial score (nSPS) is 17.1. The molecule has 1 aromatic heterocycles. The fourth-order valence-electron chi connectivity index (χ4n) is 1.60.